The van der Waals surface area contributed by atoms with E-state index in [9.17, 15) is 19.7 Å². The van der Waals surface area contributed by atoms with Crippen LogP contribution >= 0.6 is 0 Å². The van der Waals surface area contributed by atoms with Gasteiger partial charge in [-0.3, -0.25) is 19.7 Å². The molecular weight excluding hydrogens is 372 g/mol. The Labute approximate surface area is 171 Å². The number of hydrogen-bond acceptors (Lipinski definition) is 5. The summed E-state index contributed by atoms with van der Waals surface area (Å²) in [5, 5.41) is 17.6. The van der Waals surface area contributed by atoms with E-state index in [-0.39, 0.29) is 29.5 Å². The summed E-state index contributed by atoms with van der Waals surface area (Å²) < 4.78 is 0. The van der Waals surface area contributed by atoms with Crippen LogP contribution in [0.4, 0.5) is 11.4 Å². The van der Waals surface area contributed by atoms with E-state index < -0.39 is 4.92 Å². The lowest BCUT2D eigenvalue weighted by atomic mass is 9.94. The summed E-state index contributed by atoms with van der Waals surface area (Å²) in [6.45, 7) is 7.08. The number of amides is 2. The van der Waals surface area contributed by atoms with Gasteiger partial charge in [0.05, 0.1) is 4.92 Å². The molecule has 0 spiro atoms. The van der Waals surface area contributed by atoms with Crippen molar-refractivity contribution in [2.75, 3.05) is 18.4 Å². The topological polar surface area (TPSA) is 105 Å². The number of nitro groups is 1. The molecule has 1 saturated heterocycles. The van der Waals surface area contributed by atoms with Crippen LogP contribution in [0.15, 0.2) is 18.2 Å². The van der Waals surface area contributed by atoms with E-state index >= 15 is 0 Å². The maximum Gasteiger partial charge on any atom is 0.293 e. The van der Waals surface area contributed by atoms with Crippen molar-refractivity contribution in [3.05, 3.63) is 33.9 Å². The summed E-state index contributed by atoms with van der Waals surface area (Å²) in [7, 11) is 0. The average Bonchev–Trinajstić information content (AvgIpc) is 3.51. The molecule has 2 amide bonds. The number of nitrogens with one attached hydrogen (secondary N) is 2. The summed E-state index contributed by atoms with van der Waals surface area (Å²) >= 11 is 0. The molecule has 8 heteroatoms. The zero-order valence-corrected chi connectivity index (χ0v) is 17.3. The molecule has 2 fully saturated rings. The summed E-state index contributed by atoms with van der Waals surface area (Å²) in [4.78, 5) is 37.9. The zero-order valence-electron chi connectivity index (χ0n) is 17.3. The molecule has 8 nitrogen and oxygen atoms in total. The van der Waals surface area contributed by atoms with E-state index in [4.69, 9.17) is 0 Å². The number of nitrogens with zero attached hydrogens (tertiary/aromatic N) is 2. The minimum Gasteiger partial charge on any atom is -0.377 e. The second-order valence-electron chi connectivity index (χ2n) is 8.52. The highest BCUT2D eigenvalue weighted by molar-refractivity contribution is 5.96. The van der Waals surface area contributed by atoms with E-state index in [1.807, 2.05) is 6.92 Å². The molecule has 0 aromatic heterocycles. The lowest BCUT2D eigenvalue weighted by Crippen LogP contribution is -2.45. The van der Waals surface area contributed by atoms with Crippen LogP contribution in [0.25, 0.3) is 0 Å². The molecule has 3 rings (SSSR count). The maximum absolute atomic E-state index is 12.8. The highest BCUT2D eigenvalue weighted by atomic mass is 16.6. The highest BCUT2D eigenvalue weighted by Gasteiger charge is 2.30. The Hall–Kier alpha value is -2.64. The van der Waals surface area contributed by atoms with Crippen molar-refractivity contribution in [1.29, 1.82) is 0 Å². The Morgan fingerprint density at radius 2 is 1.79 bits per heavy atom. The summed E-state index contributed by atoms with van der Waals surface area (Å²) in [6, 6.07) is 5.03. The Kier molecular flexibility index (Phi) is 6.39. The first-order valence-corrected chi connectivity index (χ1v) is 10.4. The van der Waals surface area contributed by atoms with E-state index in [1.54, 1.807) is 17.0 Å². The molecule has 0 bridgehead atoms. The average molecular weight is 402 g/mol. The molecule has 1 aromatic carbocycles. The third-order valence-corrected chi connectivity index (χ3v) is 5.90. The fraction of sp³-hybridized carbons (Fsp3) is 0.619. The monoisotopic (exact) mass is 402 g/mol. The van der Waals surface area contributed by atoms with E-state index in [0.29, 0.717) is 49.1 Å². The number of anilines is 1. The molecule has 1 aliphatic heterocycles. The van der Waals surface area contributed by atoms with Crippen LogP contribution in [0.1, 0.15) is 56.8 Å². The number of piperidine rings is 1. The Morgan fingerprint density at radius 3 is 2.34 bits per heavy atom. The number of hydrogen-bond donors (Lipinski definition) is 2. The van der Waals surface area contributed by atoms with Crippen molar-refractivity contribution in [3.63, 3.8) is 0 Å². The Balaban J connectivity index is 1.61. The number of carbonyl (C=O) groups excluding carboxylic acids is 2. The van der Waals surface area contributed by atoms with Gasteiger partial charge in [0.15, 0.2) is 0 Å². The molecule has 1 atom stereocenters. The van der Waals surface area contributed by atoms with Gasteiger partial charge in [0.25, 0.3) is 11.6 Å². The summed E-state index contributed by atoms with van der Waals surface area (Å²) in [6.07, 6.45) is 3.23. The second-order valence-corrected chi connectivity index (χ2v) is 8.52. The van der Waals surface area contributed by atoms with Crippen LogP contribution in [-0.2, 0) is 4.79 Å². The first-order valence-electron chi connectivity index (χ1n) is 10.4. The molecule has 158 valence electrons. The predicted octanol–water partition coefficient (Wildman–Crippen LogP) is 3.18. The first-order chi connectivity index (χ1) is 13.8. The van der Waals surface area contributed by atoms with Crippen molar-refractivity contribution in [1.82, 2.24) is 10.2 Å². The standard InChI is InChI=1S/C21H30N4O4/c1-13(2)14(3)22-20(26)15-8-10-24(11-9-15)21(27)16-4-7-18(23-17-5-6-17)19(12-16)25(28)29/h4,7,12-15,17,23H,5-6,8-11H2,1-3H3,(H,22,26). The molecule has 1 aliphatic carbocycles. The molecule has 2 aliphatic rings. The predicted molar refractivity (Wildman–Crippen MR) is 111 cm³/mol. The first kappa shape index (κ1) is 21.1. The lowest BCUT2D eigenvalue weighted by molar-refractivity contribution is -0.384. The number of nitro benzene ring substituents is 1. The Morgan fingerprint density at radius 1 is 1.14 bits per heavy atom. The van der Waals surface area contributed by atoms with Crippen molar-refractivity contribution in [2.45, 2.75) is 58.5 Å². The minimum absolute atomic E-state index is 0.0458. The molecular formula is C21H30N4O4. The SMILES string of the molecule is CC(C)C(C)NC(=O)C1CCN(C(=O)c2ccc(NC3CC3)c([N+](=O)[O-])c2)CC1. The molecule has 2 N–H and O–H groups in total. The summed E-state index contributed by atoms with van der Waals surface area (Å²) in [5.74, 6) is 0.0957. The van der Waals surface area contributed by atoms with Crippen molar-refractivity contribution >= 4 is 23.2 Å². The molecule has 29 heavy (non-hydrogen) atoms. The molecule has 1 saturated carbocycles. The molecule has 0 radical (unpaired) electrons. The van der Waals surface area contributed by atoms with E-state index in [0.717, 1.165) is 12.8 Å². The largest absolute Gasteiger partial charge is 0.377 e. The van der Waals surface area contributed by atoms with Gasteiger partial charge in [-0.15, -0.1) is 0 Å². The lowest BCUT2D eigenvalue weighted by Gasteiger charge is -2.32. The highest BCUT2D eigenvalue weighted by Crippen LogP contribution is 2.32. The van der Waals surface area contributed by atoms with Crippen LogP contribution in [-0.4, -0.2) is 46.8 Å². The van der Waals surface area contributed by atoms with Crippen LogP contribution in [0.3, 0.4) is 0 Å². The number of likely N-dealkylation sites (tertiary alicyclic amines) is 1. The van der Waals surface area contributed by atoms with Gasteiger partial charge in [-0.1, -0.05) is 13.8 Å². The summed E-state index contributed by atoms with van der Waals surface area (Å²) in [5.41, 5.74) is 0.706. The van der Waals surface area contributed by atoms with Gasteiger partial charge in [-0.2, -0.15) is 0 Å². The van der Waals surface area contributed by atoms with Gasteiger partial charge in [-0.05, 0) is 50.7 Å². The molecule has 1 heterocycles. The normalized spacial score (nSPS) is 18.4. The van der Waals surface area contributed by atoms with Crippen molar-refractivity contribution in [2.24, 2.45) is 11.8 Å². The van der Waals surface area contributed by atoms with Gasteiger partial charge in [0, 0.05) is 42.7 Å². The van der Waals surface area contributed by atoms with Crippen LogP contribution in [0, 0.1) is 22.0 Å². The van der Waals surface area contributed by atoms with Crippen molar-refractivity contribution in [3.8, 4) is 0 Å². The number of benzene rings is 1. The second kappa shape index (κ2) is 8.80. The Bertz CT molecular complexity index is 783. The minimum atomic E-state index is -0.450. The quantitative estimate of drug-likeness (QED) is 0.538. The van der Waals surface area contributed by atoms with E-state index in [2.05, 4.69) is 24.5 Å². The van der Waals surface area contributed by atoms with Crippen molar-refractivity contribution < 1.29 is 14.5 Å². The fourth-order valence-corrected chi connectivity index (χ4v) is 3.42. The van der Waals surface area contributed by atoms with Gasteiger partial charge in [-0.25, -0.2) is 0 Å². The van der Waals surface area contributed by atoms with Gasteiger partial charge in [0.2, 0.25) is 5.91 Å². The van der Waals surface area contributed by atoms with Crippen LogP contribution in [0.2, 0.25) is 0 Å². The van der Waals surface area contributed by atoms with E-state index in [1.165, 1.54) is 6.07 Å². The smallest absolute Gasteiger partial charge is 0.293 e. The van der Waals surface area contributed by atoms with Crippen LogP contribution in [0.5, 0.6) is 0 Å². The maximum atomic E-state index is 12.8. The van der Waals surface area contributed by atoms with Gasteiger partial charge in [0.1, 0.15) is 5.69 Å². The molecule has 1 aromatic rings. The number of rotatable bonds is 7. The molecule has 1 unspecified atom stereocenters. The number of carbonyl (C=O) groups is 2. The zero-order chi connectivity index (χ0) is 21.1. The fourth-order valence-electron chi connectivity index (χ4n) is 3.42. The third-order valence-electron chi connectivity index (χ3n) is 5.90. The van der Waals surface area contributed by atoms with Gasteiger partial charge >= 0.3 is 0 Å². The van der Waals surface area contributed by atoms with Gasteiger partial charge < -0.3 is 15.5 Å². The third kappa shape index (κ3) is 5.25. The van der Waals surface area contributed by atoms with Crippen LogP contribution < -0.4 is 10.6 Å².